The maximum Gasteiger partial charge on any atom is 0.252 e. The average molecular weight is 354 g/mol. The number of aromatic nitrogens is 1. The van der Waals surface area contributed by atoms with Crippen LogP contribution in [-0.2, 0) is 10.0 Å². The lowest BCUT2D eigenvalue weighted by molar-refractivity contribution is 0.0955. The Morgan fingerprint density at radius 3 is 2.46 bits per heavy atom. The van der Waals surface area contributed by atoms with Gasteiger partial charge in [0.1, 0.15) is 5.82 Å². The number of rotatable bonds is 6. The lowest BCUT2D eigenvalue weighted by Gasteiger charge is -2.37. The molecule has 2 rings (SSSR count). The Morgan fingerprint density at radius 2 is 2.00 bits per heavy atom. The number of anilines is 1. The predicted octanol–water partition coefficient (Wildman–Crippen LogP) is 1.08. The zero-order valence-corrected chi connectivity index (χ0v) is 15.3. The maximum atomic E-state index is 11.8. The van der Waals surface area contributed by atoms with E-state index in [1.54, 1.807) is 16.6 Å². The molecule has 1 aromatic heterocycles. The van der Waals surface area contributed by atoms with Crippen LogP contribution in [0.15, 0.2) is 18.3 Å². The fourth-order valence-corrected chi connectivity index (χ4v) is 4.34. The van der Waals surface area contributed by atoms with Crippen LogP contribution in [-0.4, -0.2) is 62.1 Å². The number of carbonyl (C=O) groups is 1. The monoisotopic (exact) mass is 354 g/mol. The van der Waals surface area contributed by atoms with Crippen molar-refractivity contribution in [2.75, 3.05) is 37.3 Å². The summed E-state index contributed by atoms with van der Waals surface area (Å²) in [7, 11) is -3.16. The van der Waals surface area contributed by atoms with Gasteiger partial charge in [0.25, 0.3) is 5.91 Å². The van der Waals surface area contributed by atoms with Gasteiger partial charge >= 0.3 is 0 Å². The zero-order valence-electron chi connectivity index (χ0n) is 14.5. The van der Waals surface area contributed by atoms with E-state index in [1.807, 2.05) is 19.9 Å². The van der Waals surface area contributed by atoms with Crippen LogP contribution in [0.1, 0.15) is 37.0 Å². The second-order valence-electron chi connectivity index (χ2n) is 5.95. The smallest absolute Gasteiger partial charge is 0.252 e. The molecule has 0 atom stereocenters. The fourth-order valence-electron chi connectivity index (χ4n) is 3.12. The summed E-state index contributed by atoms with van der Waals surface area (Å²) in [6, 6.07) is 3.67. The van der Waals surface area contributed by atoms with E-state index >= 15 is 0 Å². The summed E-state index contributed by atoms with van der Waals surface area (Å²) in [6.45, 7) is 6.34. The Bertz CT molecular complexity index is 652. The van der Waals surface area contributed by atoms with Crippen molar-refractivity contribution in [3.63, 3.8) is 0 Å². The Kier molecular flexibility index (Phi) is 6.17. The van der Waals surface area contributed by atoms with Gasteiger partial charge in [-0.2, -0.15) is 4.31 Å². The molecule has 1 saturated heterocycles. The summed E-state index contributed by atoms with van der Waals surface area (Å²) in [5.41, 5.74) is 0.546. The third-order valence-corrected chi connectivity index (χ3v) is 5.69. The largest absolute Gasteiger partial charge is 0.357 e. The molecule has 0 bridgehead atoms. The number of sulfonamides is 1. The number of pyridine rings is 1. The molecule has 134 valence electrons. The number of amides is 1. The molecule has 0 aliphatic carbocycles. The van der Waals surface area contributed by atoms with Crippen molar-refractivity contribution in [3.05, 3.63) is 23.9 Å². The van der Waals surface area contributed by atoms with Gasteiger partial charge in [-0.3, -0.25) is 4.79 Å². The third kappa shape index (κ3) is 4.45. The standard InChI is InChI=1S/C16H26N4O3S/c1-4-17-16(21)13-6-7-15(18-12-13)19-10-8-14(9-11-19)20(5-2)24(3,22)23/h6-7,12,14H,4-5,8-11H2,1-3H3,(H,17,21). The van der Waals surface area contributed by atoms with Crippen LogP contribution < -0.4 is 10.2 Å². The minimum Gasteiger partial charge on any atom is -0.357 e. The molecule has 0 aromatic carbocycles. The highest BCUT2D eigenvalue weighted by molar-refractivity contribution is 7.88. The van der Waals surface area contributed by atoms with Gasteiger partial charge in [0, 0.05) is 38.4 Å². The number of piperidine rings is 1. The molecule has 1 aliphatic heterocycles. The Labute approximate surface area is 144 Å². The SMILES string of the molecule is CCNC(=O)c1ccc(N2CCC(N(CC)S(C)(=O)=O)CC2)nc1. The van der Waals surface area contributed by atoms with Gasteiger partial charge in [0.15, 0.2) is 0 Å². The summed E-state index contributed by atoms with van der Waals surface area (Å²) >= 11 is 0. The van der Waals surface area contributed by atoms with Crippen LogP contribution in [0.5, 0.6) is 0 Å². The molecule has 0 radical (unpaired) electrons. The van der Waals surface area contributed by atoms with Crippen LogP contribution in [0.2, 0.25) is 0 Å². The van der Waals surface area contributed by atoms with Gasteiger partial charge in [-0.05, 0) is 31.9 Å². The molecule has 1 N–H and O–H groups in total. The summed E-state index contributed by atoms with van der Waals surface area (Å²) in [6.07, 6.45) is 4.41. The summed E-state index contributed by atoms with van der Waals surface area (Å²) in [4.78, 5) is 18.3. The van der Waals surface area contributed by atoms with Gasteiger partial charge in [0.2, 0.25) is 10.0 Å². The molecule has 24 heavy (non-hydrogen) atoms. The second-order valence-corrected chi connectivity index (χ2v) is 7.88. The van der Waals surface area contributed by atoms with Crippen molar-refractivity contribution in [2.24, 2.45) is 0 Å². The van der Waals surface area contributed by atoms with Gasteiger partial charge in [-0.15, -0.1) is 0 Å². The molecule has 7 nitrogen and oxygen atoms in total. The van der Waals surface area contributed by atoms with Crippen molar-refractivity contribution in [3.8, 4) is 0 Å². The quantitative estimate of drug-likeness (QED) is 0.827. The Morgan fingerprint density at radius 1 is 1.33 bits per heavy atom. The second kappa shape index (κ2) is 7.94. The molecule has 2 heterocycles. The molecule has 1 aliphatic rings. The number of carbonyl (C=O) groups excluding carboxylic acids is 1. The molecule has 1 fully saturated rings. The third-order valence-electron chi connectivity index (χ3n) is 4.28. The first kappa shape index (κ1) is 18.7. The van der Waals surface area contributed by atoms with Crippen LogP contribution >= 0.6 is 0 Å². The van der Waals surface area contributed by atoms with Crippen LogP contribution in [0, 0.1) is 0 Å². The number of nitrogens with zero attached hydrogens (tertiary/aromatic N) is 3. The lowest BCUT2D eigenvalue weighted by Crippen LogP contribution is -2.47. The van der Waals surface area contributed by atoms with E-state index in [9.17, 15) is 13.2 Å². The first-order valence-electron chi connectivity index (χ1n) is 8.32. The van der Waals surface area contributed by atoms with E-state index in [0.29, 0.717) is 18.7 Å². The predicted molar refractivity (Wildman–Crippen MR) is 94.7 cm³/mol. The Hall–Kier alpha value is -1.67. The Balaban J connectivity index is 1.98. The minimum absolute atomic E-state index is 0.0517. The van der Waals surface area contributed by atoms with E-state index in [1.165, 1.54) is 6.26 Å². The topological polar surface area (TPSA) is 82.6 Å². The van der Waals surface area contributed by atoms with Gasteiger partial charge in [0.05, 0.1) is 11.8 Å². The van der Waals surface area contributed by atoms with Crippen molar-refractivity contribution in [1.82, 2.24) is 14.6 Å². The van der Waals surface area contributed by atoms with E-state index in [-0.39, 0.29) is 11.9 Å². The highest BCUT2D eigenvalue weighted by Gasteiger charge is 2.29. The molecule has 8 heteroatoms. The van der Waals surface area contributed by atoms with Gasteiger partial charge in [-0.1, -0.05) is 6.92 Å². The number of nitrogens with one attached hydrogen (secondary N) is 1. The van der Waals surface area contributed by atoms with E-state index in [0.717, 1.165) is 31.7 Å². The fraction of sp³-hybridized carbons (Fsp3) is 0.625. The van der Waals surface area contributed by atoms with E-state index < -0.39 is 10.0 Å². The van der Waals surface area contributed by atoms with Crippen molar-refractivity contribution in [1.29, 1.82) is 0 Å². The summed E-state index contributed by atoms with van der Waals surface area (Å²) < 4.78 is 25.2. The summed E-state index contributed by atoms with van der Waals surface area (Å²) in [5, 5.41) is 2.74. The molecule has 0 spiro atoms. The van der Waals surface area contributed by atoms with Crippen molar-refractivity contribution < 1.29 is 13.2 Å². The molecule has 1 amide bonds. The van der Waals surface area contributed by atoms with Crippen molar-refractivity contribution >= 4 is 21.7 Å². The highest BCUT2D eigenvalue weighted by Crippen LogP contribution is 2.22. The first-order valence-corrected chi connectivity index (χ1v) is 10.2. The molecular weight excluding hydrogens is 328 g/mol. The van der Waals surface area contributed by atoms with E-state index in [2.05, 4.69) is 15.2 Å². The molecule has 1 aromatic rings. The maximum absolute atomic E-state index is 11.8. The number of hydrogen-bond acceptors (Lipinski definition) is 5. The van der Waals surface area contributed by atoms with Gasteiger partial charge < -0.3 is 10.2 Å². The molecule has 0 saturated carbocycles. The summed E-state index contributed by atoms with van der Waals surface area (Å²) in [5.74, 6) is 0.700. The number of hydrogen-bond donors (Lipinski definition) is 1. The van der Waals surface area contributed by atoms with Crippen molar-refractivity contribution in [2.45, 2.75) is 32.7 Å². The molecule has 0 unspecified atom stereocenters. The molecular formula is C16H26N4O3S. The zero-order chi connectivity index (χ0) is 17.7. The van der Waals surface area contributed by atoms with Crippen LogP contribution in [0.3, 0.4) is 0 Å². The van der Waals surface area contributed by atoms with Crippen LogP contribution in [0.4, 0.5) is 5.82 Å². The lowest BCUT2D eigenvalue weighted by atomic mass is 10.0. The normalized spacial score (nSPS) is 16.4. The van der Waals surface area contributed by atoms with Crippen LogP contribution in [0.25, 0.3) is 0 Å². The average Bonchev–Trinajstić information content (AvgIpc) is 2.55. The van der Waals surface area contributed by atoms with Gasteiger partial charge in [-0.25, -0.2) is 13.4 Å². The first-order chi connectivity index (χ1) is 11.4. The highest BCUT2D eigenvalue weighted by atomic mass is 32.2. The minimum atomic E-state index is -3.16. The van der Waals surface area contributed by atoms with E-state index in [4.69, 9.17) is 0 Å².